The van der Waals surface area contributed by atoms with E-state index in [0.717, 1.165) is 25.8 Å². The van der Waals surface area contributed by atoms with Gasteiger partial charge in [0.05, 0.1) is 0 Å². The fraction of sp³-hybridized carbons (Fsp3) is 0.917. The second-order valence-electron chi connectivity index (χ2n) is 5.45. The third kappa shape index (κ3) is 1.19. The highest BCUT2D eigenvalue weighted by Gasteiger charge is 2.58. The molecule has 3 nitrogen and oxygen atoms in total. The summed E-state index contributed by atoms with van der Waals surface area (Å²) in [6.45, 7) is 1.02. The van der Waals surface area contributed by atoms with Crippen molar-refractivity contribution in [3.05, 3.63) is 0 Å². The van der Waals surface area contributed by atoms with E-state index in [1.165, 1.54) is 25.7 Å². The second kappa shape index (κ2) is 3.21. The molecule has 1 N–H and O–H groups in total. The average Bonchev–Trinajstić information content (AvgIpc) is 2.73. The quantitative estimate of drug-likeness (QED) is 0.716. The van der Waals surface area contributed by atoms with Crippen LogP contribution in [0.4, 0.5) is 0 Å². The van der Waals surface area contributed by atoms with E-state index in [2.05, 4.69) is 4.90 Å². The Morgan fingerprint density at radius 2 is 2.07 bits per heavy atom. The molecular formula is C12H19NO2. The number of hydrogen-bond donors (Lipinski definition) is 1. The smallest absolute Gasteiger partial charge is 0.324 e. The molecule has 0 amide bonds. The first-order valence-electron chi connectivity index (χ1n) is 6.24. The molecule has 2 saturated heterocycles. The Bertz CT molecular complexity index is 291. The lowest BCUT2D eigenvalue weighted by molar-refractivity contribution is -0.148. The van der Waals surface area contributed by atoms with E-state index in [0.29, 0.717) is 12.0 Å². The van der Waals surface area contributed by atoms with Crippen LogP contribution < -0.4 is 0 Å². The van der Waals surface area contributed by atoms with Crippen LogP contribution in [0.3, 0.4) is 0 Å². The molecule has 0 aromatic rings. The molecular weight excluding hydrogens is 190 g/mol. The summed E-state index contributed by atoms with van der Waals surface area (Å²) in [5.74, 6) is 0.115. The van der Waals surface area contributed by atoms with Gasteiger partial charge >= 0.3 is 5.97 Å². The zero-order valence-corrected chi connectivity index (χ0v) is 9.11. The van der Waals surface area contributed by atoms with Crippen molar-refractivity contribution < 1.29 is 9.90 Å². The largest absolute Gasteiger partial charge is 0.480 e. The highest BCUT2D eigenvalue weighted by molar-refractivity contribution is 5.80. The first-order valence-corrected chi connectivity index (χ1v) is 6.24. The predicted octanol–water partition coefficient (Wildman–Crippen LogP) is 1.87. The number of nitrogens with zero attached hydrogens (tertiary/aromatic N) is 1. The van der Waals surface area contributed by atoms with Crippen LogP contribution in [-0.2, 0) is 4.79 Å². The first kappa shape index (κ1) is 9.64. The van der Waals surface area contributed by atoms with Gasteiger partial charge in [0, 0.05) is 6.04 Å². The van der Waals surface area contributed by atoms with Gasteiger partial charge < -0.3 is 5.11 Å². The first-order chi connectivity index (χ1) is 7.24. The van der Waals surface area contributed by atoms with Gasteiger partial charge in [0.15, 0.2) is 0 Å². The van der Waals surface area contributed by atoms with Crippen molar-refractivity contribution in [2.24, 2.45) is 5.92 Å². The fourth-order valence-electron chi connectivity index (χ4n) is 4.19. The van der Waals surface area contributed by atoms with Gasteiger partial charge in [-0.15, -0.1) is 0 Å². The van der Waals surface area contributed by atoms with E-state index < -0.39 is 11.5 Å². The van der Waals surface area contributed by atoms with E-state index >= 15 is 0 Å². The van der Waals surface area contributed by atoms with Crippen LogP contribution in [0.25, 0.3) is 0 Å². The van der Waals surface area contributed by atoms with E-state index in [1.54, 1.807) is 0 Å². The van der Waals surface area contributed by atoms with Crippen molar-refractivity contribution >= 4 is 5.97 Å². The Labute approximate surface area is 90.5 Å². The third-order valence-corrected chi connectivity index (χ3v) is 4.81. The predicted molar refractivity (Wildman–Crippen MR) is 56.7 cm³/mol. The number of rotatable bonds is 1. The highest BCUT2D eigenvalue weighted by Crippen LogP contribution is 2.50. The SMILES string of the molecule is O=C(O)C12CCCN1C1CCCCC1C2. The van der Waals surface area contributed by atoms with Crippen LogP contribution in [0.15, 0.2) is 0 Å². The molecule has 0 spiro atoms. The lowest BCUT2D eigenvalue weighted by atomic mass is 9.81. The van der Waals surface area contributed by atoms with Gasteiger partial charge in [-0.25, -0.2) is 0 Å². The van der Waals surface area contributed by atoms with E-state index in [-0.39, 0.29) is 0 Å². The summed E-state index contributed by atoms with van der Waals surface area (Å²) in [6, 6.07) is 0.595. The molecule has 84 valence electrons. The van der Waals surface area contributed by atoms with Crippen LogP contribution in [0.5, 0.6) is 0 Å². The summed E-state index contributed by atoms with van der Waals surface area (Å²) in [6.07, 6.45) is 7.99. The van der Waals surface area contributed by atoms with Gasteiger partial charge in [-0.05, 0) is 44.6 Å². The van der Waals surface area contributed by atoms with Gasteiger partial charge in [-0.1, -0.05) is 12.8 Å². The number of fused-ring (bicyclic) bond motifs is 3. The molecule has 3 atom stereocenters. The van der Waals surface area contributed by atoms with E-state index in [9.17, 15) is 9.90 Å². The number of carboxylic acid groups (broad SMARTS) is 1. The summed E-state index contributed by atoms with van der Waals surface area (Å²) in [4.78, 5) is 13.8. The molecule has 3 aliphatic rings. The van der Waals surface area contributed by atoms with Gasteiger partial charge in [0.2, 0.25) is 0 Å². The molecule has 2 aliphatic heterocycles. The zero-order chi connectivity index (χ0) is 10.5. The van der Waals surface area contributed by atoms with Crippen molar-refractivity contribution in [2.45, 2.75) is 56.5 Å². The molecule has 15 heavy (non-hydrogen) atoms. The minimum absolute atomic E-state index is 0.459. The third-order valence-electron chi connectivity index (χ3n) is 4.81. The molecule has 2 heterocycles. The van der Waals surface area contributed by atoms with Crippen LogP contribution in [0.1, 0.15) is 44.9 Å². The Kier molecular flexibility index (Phi) is 2.06. The lowest BCUT2D eigenvalue weighted by Crippen LogP contribution is -2.48. The number of carbonyl (C=O) groups is 1. The van der Waals surface area contributed by atoms with Crippen LogP contribution in [0.2, 0.25) is 0 Å². The van der Waals surface area contributed by atoms with E-state index in [4.69, 9.17) is 0 Å². The fourth-order valence-corrected chi connectivity index (χ4v) is 4.19. The molecule has 1 aliphatic carbocycles. The summed E-state index contributed by atoms with van der Waals surface area (Å²) in [7, 11) is 0. The maximum atomic E-state index is 11.5. The monoisotopic (exact) mass is 209 g/mol. The Balaban J connectivity index is 1.92. The Morgan fingerprint density at radius 1 is 1.27 bits per heavy atom. The average molecular weight is 209 g/mol. The standard InChI is InChI=1S/C12H19NO2/c14-11(15)12-6-3-7-13(12)10-5-2-1-4-9(10)8-12/h9-10H,1-8H2,(H,14,15). The van der Waals surface area contributed by atoms with Crippen molar-refractivity contribution in [2.75, 3.05) is 6.54 Å². The summed E-state index contributed by atoms with van der Waals surface area (Å²) in [5, 5.41) is 9.48. The molecule has 0 radical (unpaired) electrons. The minimum atomic E-state index is -0.561. The molecule has 0 aromatic carbocycles. The van der Waals surface area contributed by atoms with Gasteiger partial charge in [-0.2, -0.15) is 0 Å². The van der Waals surface area contributed by atoms with Crippen LogP contribution >= 0.6 is 0 Å². The molecule has 3 rings (SSSR count). The van der Waals surface area contributed by atoms with Gasteiger partial charge in [0.25, 0.3) is 0 Å². The summed E-state index contributed by atoms with van der Waals surface area (Å²) in [5.41, 5.74) is -0.459. The Morgan fingerprint density at radius 3 is 2.87 bits per heavy atom. The molecule has 3 unspecified atom stereocenters. The second-order valence-corrected chi connectivity index (χ2v) is 5.45. The van der Waals surface area contributed by atoms with Crippen LogP contribution in [-0.4, -0.2) is 34.1 Å². The summed E-state index contributed by atoms with van der Waals surface area (Å²) >= 11 is 0. The van der Waals surface area contributed by atoms with E-state index in [1.807, 2.05) is 0 Å². The lowest BCUT2D eigenvalue weighted by Gasteiger charge is -2.33. The van der Waals surface area contributed by atoms with Crippen LogP contribution in [0, 0.1) is 5.92 Å². The van der Waals surface area contributed by atoms with Gasteiger partial charge in [0.1, 0.15) is 5.54 Å². The Hall–Kier alpha value is -0.570. The number of hydrogen-bond acceptors (Lipinski definition) is 2. The van der Waals surface area contributed by atoms with Gasteiger partial charge in [-0.3, -0.25) is 9.69 Å². The van der Waals surface area contributed by atoms with Crippen molar-refractivity contribution in [3.8, 4) is 0 Å². The molecule has 1 saturated carbocycles. The van der Waals surface area contributed by atoms with Crippen molar-refractivity contribution in [3.63, 3.8) is 0 Å². The molecule has 0 aromatic heterocycles. The highest BCUT2D eigenvalue weighted by atomic mass is 16.4. The molecule has 3 heteroatoms. The number of aliphatic carboxylic acids is 1. The maximum Gasteiger partial charge on any atom is 0.324 e. The topological polar surface area (TPSA) is 40.5 Å². The van der Waals surface area contributed by atoms with Crippen molar-refractivity contribution in [1.82, 2.24) is 4.90 Å². The summed E-state index contributed by atoms with van der Waals surface area (Å²) < 4.78 is 0. The molecule has 0 bridgehead atoms. The minimum Gasteiger partial charge on any atom is -0.480 e. The maximum absolute atomic E-state index is 11.5. The van der Waals surface area contributed by atoms with Crippen molar-refractivity contribution in [1.29, 1.82) is 0 Å². The molecule has 3 fully saturated rings. The normalized spacial score (nSPS) is 45.1. The zero-order valence-electron chi connectivity index (χ0n) is 9.11. The number of carboxylic acids is 1.